The smallest absolute Gasteiger partial charge is 0.179 e. The number of benzene rings is 15. The third kappa shape index (κ3) is 11.9. The SMILES string of the molecule is CC(C)(C)c1ccc2c(c1)c1cc(C(C)(C)C)ccc1n2-c1cc(-n2c3ccccc3c3ccccc32)nc(-c2cc([Si](c3ccccc3)(c3ccccc3)c3cccc(-c4cccc(-c5ccccc5)c4)c3)cc([Si](c3ccccc3)(c3ccccc3)c3cccc(-c4cccc(-c5ccccc5)c4)c3)c2)n1. The van der Waals surface area contributed by atoms with Gasteiger partial charge < -0.3 is 0 Å². The normalized spacial score (nSPS) is 12.2. The number of hydrogen-bond donors (Lipinski definition) is 0. The number of fused-ring (bicyclic) bond motifs is 6. The Morgan fingerprint density at radius 2 is 0.481 bits per heavy atom. The fourth-order valence-electron chi connectivity index (χ4n) is 17.0. The van der Waals surface area contributed by atoms with Crippen molar-refractivity contribution in [2.45, 2.75) is 52.4 Å². The first-order chi connectivity index (χ1) is 52.8. The van der Waals surface area contributed by atoms with Crippen LogP contribution in [0.25, 0.3) is 111 Å². The van der Waals surface area contributed by atoms with Crippen LogP contribution in [-0.4, -0.2) is 35.2 Å². The maximum atomic E-state index is 6.18. The second kappa shape index (κ2) is 27.4. The van der Waals surface area contributed by atoms with Crippen LogP contribution in [-0.2, 0) is 10.8 Å². The summed E-state index contributed by atoms with van der Waals surface area (Å²) < 4.78 is 4.80. The summed E-state index contributed by atoms with van der Waals surface area (Å²) in [7, 11) is -7.17. The lowest BCUT2D eigenvalue weighted by atomic mass is 9.85. The summed E-state index contributed by atoms with van der Waals surface area (Å²) in [5.74, 6) is 2.16. The lowest BCUT2D eigenvalue weighted by Gasteiger charge is -2.38. The summed E-state index contributed by atoms with van der Waals surface area (Å²) in [4.78, 5) is 12.3. The molecule has 108 heavy (non-hydrogen) atoms. The van der Waals surface area contributed by atoms with Crippen molar-refractivity contribution in [1.29, 1.82) is 0 Å². The minimum Gasteiger partial charge on any atom is -0.294 e. The van der Waals surface area contributed by atoms with Gasteiger partial charge in [0.2, 0.25) is 0 Å². The second-order valence-corrected chi connectivity index (χ2v) is 38.5. The fraction of sp³-hybridized carbons (Fsp3) is 0.0784. The molecule has 18 aromatic rings. The van der Waals surface area contributed by atoms with E-state index in [0.29, 0.717) is 5.82 Å². The summed E-state index contributed by atoms with van der Waals surface area (Å²) in [6.07, 6.45) is 0. The zero-order chi connectivity index (χ0) is 73.1. The molecule has 15 aromatic carbocycles. The largest absolute Gasteiger partial charge is 0.294 e. The van der Waals surface area contributed by atoms with Gasteiger partial charge in [0.05, 0.1) is 22.1 Å². The molecule has 6 heteroatoms. The van der Waals surface area contributed by atoms with Gasteiger partial charge in [0.15, 0.2) is 22.0 Å². The summed E-state index contributed by atoms with van der Waals surface area (Å²) in [5.41, 5.74) is 16.9. The standard InChI is InChI=1S/C102H82N4Si2/c1-101(2,3)80-57-59-96-92(67-80)93-68-81(102(4,5)6)58-60-97(93)106(96)99-70-98(105-94-55-27-25-53-90(94)91-54-26-28-56-95(91)105)103-100(104-99)79-65-88(107(82-43-17-9-18-44-82,83-45-19-10-20-46-83)86-51-31-41-77(63-86)75-39-29-37-73(61-75)71-33-13-7-14-34-71)69-89(66-79)108(84-47-21-11-22-48-84,85-49-23-12-24-50-85)87-52-32-42-78(64-87)76-40-30-38-74(62-76)72-35-15-8-16-36-72/h7-70H,1-6H3. The van der Waals surface area contributed by atoms with Crippen LogP contribution in [0.2, 0.25) is 0 Å². The van der Waals surface area contributed by atoms with Crippen LogP contribution in [0.15, 0.2) is 388 Å². The number of hydrogen-bond acceptors (Lipinski definition) is 2. The summed E-state index contributed by atoms with van der Waals surface area (Å²) in [6.45, 7) is 13.9. The first kappa shape index (κ1) is 67.3. The number of aromatic nitrogens is 4. The molecule has 0 bridgehead atoms. The lowest BCUT2D eigenvalue weighted by Crippen LogP contribution is -2.78. The molecule has 4 nitrogen and oxygen atoms in total. The van der Waals surface area contributed by atoms with Crippen molar-refractivity contribution in [3.8, 4) is 67.5 Å². The summed E-state index contributed by atoms with van der Waals surface area (Å²) in [6, 6.07) is 146. The molecule has 3 heterocycles. The number of para-hydroxylation sites is 2. The Kier molecular flexibility index (Phi) is 17.1. The average molecular weight is 1420 g/mol. The van der Waals surface area contributed by atoms with E-state index in [-0.39, 0.29) is 10.8 Å². The van der Waals surface area contributed by atoms with Crippen LogP contribution >= 0.6 is 0 Å². The van der Waals surface area contributed by atoms with Crippen molar-refractivity contribution in [3.05, 3.63) is 399 Å². The molecule has 0 atom stereocenters. The molecule has 0 saturated heterocycles. The van der Waals surface area contributed by atoms with Gasteiger partial charge in [0.25, 0.3) is 0 Å². The van der Waals surface area contributed by atoms with Crippen molar-refractivity contribution in [2.24, 2.45) is 0 Å². The number of nitrogens with zero attached hydrogens (tertiary/aromatic N) is 4. The molecule has 0 spiro atoms. The van der Waals surface area contributed by atoms with Crippen molar-refractivity contribution < 1.29 is 0 Å². The highest BCUT2D eigenvalue weighted by molar-refractivity contribution is 7.22. The van der Waals surface area contributed by atoms with Crippen LogP contribution in [0.3, 0.4) is 0 Å². The Balaban J connectivity index is 1.000. The van der Waals surface area contributed by atoms with Gasteiger partial charge in [0, 0.05) is 33.2 Å². The minimum atomic E-state index is -3.59. The molecular formula is C102H82N4Si2. The molecule has 0 aliphatic heterocycles. The van der Waals surface area contributed by atoms with Crippen LogP contribution in [0.4, 0.5) is 0 Å². The highest BCUT2D eigenvalue weighted by Crippen LogP contribution is 2.40. The van der Waals surface area contributed by atoms with Crippen molar-refractivity contribution in [3.63, 3.8) is 0 Å². The van der Waals surface area contributed by atoms with E-state index in [2.05, 4.69) is 439 Å². The molecule has 0 aliphatic rings. The van der Waals surface area contributed by atoms with Crippen molar-refractivity contribution in [2.75, 3.05) is 0 Å². The Morgan fingerprint density at radius 1 is 0.204 bits per heavy atom. The second-order valence-electron chi connectivity index (χ2n) is 30.9. The van der Waals surface area contributed by atoms with E-state index in [1.54, 1.807) is 0 Å². The highest BCUT2D eigenvalue weighted by atomic mass is 28.3. The zero-order valence-corrected chi connectivity index (χ0v) is 63.7. The van der Waals surface area contributed by atoms with Crippen LogP contribution in [0.5, 0.6) is 0 Å². The van der Waals surface area contributed by atoms with E-state index in [0.717, 1.165) is 72.3 Å². The van der Waals surface area contributed by atoms with Gasteiger partial charge >= 0.3 is 0 Å². The van der Waals surface area contributed by atoms with Crippen LogP contribution in [0, 0.1) is 0 Å². The maximum absolute atomic E-state index is 6.18. The molecule has 18 rings (SSSR count). The predicted octanol–water partition coefficient (Wildman–Crippen LogP) is 20.4. The predicted molar refractivity (Wildman–Crippen MR) is 463 cm³/mol. The van der Waals surface area contributed by atoms with Gasteiger partial charge in [-0.25, -0.2) is 9.97 Å². The molecule has 0 unspecified atom stereocenters. The lowest BCUT2D eigenvalue weighted by molar-refractivity contribution is 0.590. The molecule has 0 amide bonds. The van der Waals surface area contributed by atoms with E-state index in [1.165, 1.54) is 85.6 Å². The molecule has 0 fully saturated rings. The van der Waals surface area contributed by atoms with Crippen LogP contribution in [0.1, 0.15) is 52.7 Å². The first-order valence-corrected chi connectivity index (χ1v) is 41.7. The van der Waals surface area contributed by atoms with Crippen LogP contribution < -0.4 is 41.5 Å². The van der Waals surface area contributed by atoms with E-state index >= 15 is 0 Å². The van der Waals surface area contributed by atoms with Gasteiger partial charge in [-0.15, -0.1) is 0 Å². The third-order valence-electron chi connectivity index (χ3n) is 22.3. The van der Waals surface area contributed by atoms with Gasteiger partial charge in [-0.2, -0.15) is 0 Å². The topological polar surface area (TPSA) is 35.6 Å². The molecule has 0 saturated carbocycles. The Morgan fingerprint density at radius 3 is 0.843 bits per heavy atom. The molecule has 0 aliphatic carbocycles. The summed E-state index contributed by atoms with van der Waals surface area (Å²) in [5, 5.41) is 14.7. The molecule has 518 valence electrons. The molecule has 0 N–H and O–H groups in total. The van der Waals surface area contributed by atoms with Crippen molar-refractivity contribution >= 4 is 101 Å². The van der Waals surface area contributed by atoms with E-state index in [4.69, 9.17) is 9.97 Å². The van der Waals surface area contributed by atoms with Gasteiger partial charge in [-0.1, -0.05) is 375 Å². The van der Waals surface area contributed by atoms with E-state index < -0.39 is 16.1 Å². The summed E-state index contributed by atoms with van der Waals surface area (Å²) >= 11 is 0. The third-order valence-corrected chi connectivity index (χ3v) is 31.8. The first-order valence-electron chi connectivity index (χ1n) is 37.7. The monoisotopic (exact) mass is 1420 g/mol. The Bertz CT molecular complexity index is 5940. The average Bonchev–Trinajstić information content (AvgIpc) is 0.744. The molecule has 0 radical (unpaired) electrons. The zero-order valence-electron chi connectivity index (χ0n) is 61.7. The Labute approximate surface area is 635 Å². The highest BCUT2D eigenvalue weighted by Gasteiger charge is 2.47. The quantitative estimate of drug-likeness (QED) is 0.0757. The van der Waals surface area contributed by atoms with Gasteiger partial charge in [-0.05, 0) is 156 Å². The number of rotatable bonds is 15. The molecule has 3 aromatic heterocycles. The molecular weight excluding hydrogens is 1340 g/mol. The van der Waals surface area contributed by atoms with E-state index in [1.807, 2.05) is 0 Å². The van der Waals surface area contributed by atoms with Gasteiger partial charge in [-0.3, -0.25) is 9.13 Å². The minimum absolute atomic E-state index is 0.0988. The van der Waals surface area contributed by atoms with Crippen molar-refractivity contribution in [1.82, 2.24) is 19.1 Å². The Hall–Kier alpha value is -12.6. The van der Waals surface area contributed by atoms with Gasteiger partial charge in [0.1, 0.15) is 11.6 Å². The maximum Gasteiger partial charge on any atom is 0.179 e. The fourth-order valence-corrected chi connectivity index (χ4v) is 26.8. The van der Waals surface area contributed by atoms with E-state index in [9.17, 15) is 0 Å².